The van der Waals surface area contributed by atoms with Gasteiger partial charge in [-0.3, -0.25) is 10.2 Å². The van der Waals surface area contributed by atoms with Gasteiger partial charge in [-0.05, 0) is 58.4 Å². The number of carbonyl (C=O) groups excluding carboxylic acids is 1. The first-order chi connectivity index (χ1) is 19.8. The van der Waals surface area contributed by atoms with E-state index in [-0.39, 0.29) is 59.9 Å². The number of carbonyl (C=O) groups is 1. The molecule has 7 nitrogen and oxygen atoms in total. The smallest absolute Gasteiger partial charge is 0.413 e. The minimum Gasteiger partial charge on any atom is -0.476 e. The van der Waals surface area contributed by atoms with Crippen molar-refractivity contribution < 1.29 is 27.4 Å². The van der Waals surface area contributed by atoms with Crippen molar-refractivity contribution in [2.45, 2.75) is 57.3 Å². The van der Waals surface area contributed by atoms with Crippen LogP contribution < -0.4 is 10.1 Å². The molecule has 2 fully saturated rings. The van der Waals surface area contributed by atoms with E-state index in [0.717, 1.165) is 30.7 Å². The van der Waals surface area contributed by atoms with Crippen molar-refractivity contribution in [3.05, 3.63) is 45.9 Å². The van der Waals surface area contributed by atoms with Gasteiger partial charge in [0.2, 0.25) is 5.88 Å². The number of alkyl halides is 1. The highest BCUT2D eigenvalue weighted by molar-refractivity contribution is 7.22. The lowest BCUT2D eigenvalue weighted by atomic mass is 9.95. The summed E-state index contributed by atoms with van der Waals surface area (Å²) in [6.07, 6.45) is 0.464. The number of nitrogens with one attached hydrogen (secondary N) is 1. The van der Waals surface area contributed by atoms with Crippen LogP contribution in [0, 0.1) is 11.6 Å². The second-order valence-corrected chi connectivity index (χ2v) is 13.5. The first-order valence-electron chi connectivity index (χ1n) is 13.4. The summed E-state index contributed by atoms with van der Waals surface area (Å²) in [6.45, 7) is 6.52. The Labute approximate surface area is 253 Å². The van der Waals surface area contributed by atoms with E-state index in [9.17, 15) is 13.6 Å². The Morgan fingerprint density at radius 2 is 1.98 bits per heavy atom. The Morgan fingerprint density at radius 1 is 1.19 bits per heavy atom. The van der Waals surface area contributed by atoms with Gasteiger partial charge in [-0.1, -0.05) is 34.5 Å². The number of pyridine rings is 1. The van der Waals surface area contributed by atoms with E-state index in [1.165, 1.54) is 24.3 Å². The van der Waals surface area contributed by atoms with E-state index < -0.39 is 35.0 Å². The Kier molecular flexibility index (Phi) is 7.44. The van der Waals surface area contributed by atoms with Crippen molar-refractivity contribution in [3.8, 4) is 17.0 Å². The van der Waals surface area contributed by atoms with E-state index in [1.807, 2.05) is 0 Å². The molecule has 1 amide bonds. The number of rotatable bonds is 5. The van der Waals surface area contributed by atoms with E-state index in [2.05, 4.69) is 20.2 Å². The zero-order valence-corrected chi connectivity index (χ0v) is 25.3. The molecule has 2 aliphatic rings. The van der Waals surface area contributed by atoms with Crippen LogP contribution in [-0.4, -0.2) is 58.0 Å². The molecule has 2 saturated heterocycles. The first-order valence-corrected chi connectivity index (χ1v) is 15.0. The maximum absolute atomic E-state index is 16.3. The number of anilines is 1. The number of nitrogens with zero attached hydrogens (tertiary/aromatic N) is 3. The minimum absolute atomic E-state index is 0.0142. The lowest BCUT2D eigenvalue weighted by Crippen LogP contribution is -2.43. The summed E-state index contributed by atoms with van der Waals surface area (Å²) in [5.74, 6) is -1.29. The summed E-state index contributed by atoms with van der Waals surface area (Å²) in [5, 5.41) is 3.04. The van der Waals surface area contributed by atoms with Gasteiger partial charge < -0.3 is 9.47 Å². The zero-order valence-electron chi connectivity index (χ0n) is 23.0. The van der Waals surface area contributed by atoms with Crippen LogP contribution in [0.5, 0.6) is 5.88 Å². The topological polar surface area (TPSA) is 76.6 Å². The van der Waals surface area contributed by atoms with Gasteiger partial charge in [0.1, 0.15) is 29.7 Å². The van der Waals surface area contributed by atoms with Crippen molar-refractivity contribution in [1.82, 2.24) is 14.9 Å². The van der Waals surface area contributed by atoms with Crippen molar-refractivity contribution in [3.63, 3.8) is 0 Å². The molecule has 0 bridgehead atoms. The SMILES string of the molecule is CC(C)(C)OC(=O)Nc1nc2c(-c3c(Cl)cc4c(Cl)cc(OC[C@@]56CCCN5C[C@H](F)C6)nc4c3F)ccc(F)c2s1. The van der Waals surface area contributed by atoms with Crippen LogP contribution in [0.25, 0.3) is 32.2 Å². The van der Waals surface area contributed by atoms with Gasteiger partial charge >= 0.3 is 6.09 Å². The second kappa shape index (κ2) is 10.7. The number of ether oxygens (including phenoxy) is 2. The molecule has 2 aromatic carbocycles. The number of aromatic nitrogens is 2. The number of hydrogen-bond donors (Lipinski definition) is 1. The summed E-state index contributed by atoms with van der Waals surface area (Å²) >= 11 is 14.0. The molecule has 4 heterocycles. The number of amides is 1. The fraction of sp³-hybridized carbons (Fsp3) is 0.414. The molecule has 6 rings (SSSR count). The predicted molar refractivity (Wildman–Crippen MR) is 159 cm³/mol. The van der Waals surface area contributed by atoms with Gasteiger partial charge in [-0.15, -0.1) is 0 Å². The van der Waals surface area contributed by atoms with E-state index in [1.54, 1.807) is 20.8 Å². The van der Waals surface area contributed by atoms with Crippen molar-refractivity contribution in [2.24, 2.45) is 0 Å². The summed E-state index contributed by atoms with van der Waals surface area (Å²) in [5.41, 5.74) is -1.01. The van der Waals surface area contributed by atoms with Gasteiger partial charge in [-0.25, -0.2) is 27.9 Å². The normalized spacial score (nSPS) is 20.8. The molecule has 0 spiro atoms. The quantitative estimate of drug-likeness (QED) is 0.236. The van der Waals surface area contributed by atoms with E-state index in [0.29, 0.717) is 13.0 Å². The molecule has 0 unspecified atom stereocenters. The van der Waals surface area contributed by atoms with Gasteiger partial charge in [0, 0.05) is 35.5 Å². The number of fused-ring (bicyclic) bond motifs is 3. The highest BCUT2D eigenvalue weighted by Crippen LogP contribution is 2.44. The van der Waals surface area contributed by atoms with Crippen LogP contribution in [0.4, 0.5) is 23.1 Å². The predicted octanol–water partition coefficient (Wildman–Crippen LogP) is 8.40. The molecule has 2 aliphatic heterocycles. The standard InChI is InChI=1S/C29H27Cl2F3N4O3S/c1-28(2,3)41-27(39)37-26-36-24-15(5-6-19(33)25(24)42-26)21-18(31)9-16-17(30)10-20(35-23(16)22(21)34)40-13-29-7-4-8-38(29)12-14(32)11-29/h5-6,9-10,14H,4,7-8,11-13H2,1-3H3,(H,36,37,39)/t14-,29+/m1/s1. The Balaban J connectivity index is 1.38. The average Bonchev–Trinajstić information content (AvgIpc) is 3.56. The Hall–Kier alpha value is -2.86. The number of thiazole rings is 1. The van der Waals surface area contributed by atoms with Crippen LogP contribution in [0.2, 0.25) is 10.0 Å². The highest BCUT2D eigenvalue weighted by atomic mass is 35.5. The van der Waals surface area contributed by atoms with Crippen LogP contribution in [-0.2, 0) is 4.74 Å². The van der Waals surface area contributed by atoms with Crippen LogP contribution in [0.3, 0.4) is 0 Å². The zero-order chi connectivity index (χ0) is 30.0. The largest absolute Gasteiger partial charge is 0.476 e. The van der Waals surface area contributed by atoms with Crippen LogP contribution >= 0.6 is 34.5 Å². The fourth-order valence-corrected chi connectivity index (χ4v) is 7.24. The molecule has 1 N–H and O–H groups in total. The van der Waals surface area contributed by atoms with Gasteiger partial charge in [0.15, 0.2) is 10.9 Å². The van der Waals surface area contributed by atoms with Gasteiger partial charge in [-0.2, -0.15) is 0 Å². The molecular weight excluding hydrogens is 612 g/mol. The molecule has 13 heteroatoms. The minimum atomic E-state index is -0.915. The second-order valence-electron chi connectivity index (χ2n) is 11.7. The number of benzene rings is 2. The average molecular weight is 640 g/mol. The molecule has 42 heavy (non-hydrogen) atoms. The molecular formula is C29H27Cl2F3N4O3S. The van der Waals surface area contributed by atoms with E-state index >= 15 is 4.39 Å². The van der Waals surface area contributed by atoms with Crippen molar-refractivity contribution in [2.75, 3.05) is 25.0 Å². The van der Waals surface area contributed by atoms with Crippen molar-refractivity contribution >= 4 is 66.9 Å². The molecule has 222 valence electrons. The number of halogens is 5. The van der Waals surface area contributed by atoms with Crippen LogP contribution in [0.1, 0.15) is 40.0 Å². The van der Waals surface area contributed by atoms with Crippen LogP contribution in [0.15, 0.2) is 24.3 Å². The van der Waals surface area contributed by atoms with E-state index in [4.69, 9.17) is 32.7 Å². The first kappa shape index (κ1) is 29.2. The molecule has 0 radical (unpaired) electrons. The third-order valence-electron chi connectivity index (χ3n) is 7.54. The Bertz CT molecular complexity index is 1730. The maximum Gasteiger partial charge on any atom is 0.413 e. The molecule has 0 saturated carbocycles. The molecule has 2 atom stereocenters. The van der Waals surface area contributed by atoms with Gasteiger partial charge in [0.25, 0.3) is 0 Å². The summed E-state index contributed by atoms with van der Waals surface area (Å²) in [4.78, 5) is 23.2. The fourth-order valence-electron chi connectivity index (χ4n) is 5.83. The molecule has 0 aliphatic carbocycles. The third kappa shape index (κ3) is 5.36. The lowest BCUT2D eigenvalue weighted by Gasteiger charge is -2.31. The lowest BCUT2D eigenvalue weighted by molar-refractivity contribution is 0.0636. The summed E-state index contributed by atoms with van der Waals surface area (Å²) in [7, 11) is 0. The summed E-state index contributed by atoms with van der Waals surface area (Å²) in [6, 6.07) is 5.52. The maximum atomic E-state index is 16.3. The highest BCUT2D eigenvalue weighted by Gasteiger charge is 2.49. The monoisotopic (exact) mass is 638 g/mol. The molecule has 2 aromatic heterocycles. The van der Waals surface area contributed by atoms with Crippen molar-refractivity contribution in [1.29, 1.82) is 0 Å². The molecule has 4 aromatic rings. The summed E-state index contributed by atoms with van der Waals surface area (Å²) < 4.78 is 56.7. The third-order valence-corrected chi connectivity index (χ3v) is 9.13. The van der Waals surface area contributed by atoms with Gasteiger partial charge in [0.05, 0.1) is 25.8 Å². The number of hydrogen-bond acceptors (Lipinski definition) is 7. The Morgan fingerprint density at radius 3 is 2.74 bits per heavy atom.